The molecule has 0 bridgehead atoms. The lowest BCUT2D eigenvalue weighted by Gasteiger charge is -2.33. The van der Waals surface area contributed by atoms with Gasteiger partial charge in [0.05, 0.1) is 33.4 Å². The van der Waals surface area contributed by atoms with E-state index < -0.39 is 20.5 Å². The van der Waals surface area contributed by atoms with E-state index in [2.05, 4.69) is 21.9 Å². The third-order valence-electron chi connectivity index (χ3n) is 7.50. The third-order valence-corrected chi connectivity index (χ3v) is 9.39. The SMILES string of the molecule is CCCOc1ccc(S(=O)(=O)N2CCN(CC)CC2)cc1-c1nc2c(CCC)n(-c3ccc([N+](=O)[O-])cc3)nc2c(=O)[nH]1. The fourth-order valence-corrected chi connectivity index (χ4v) is 6.62. The van der Waals surface area contributed by atoms with E-state index in [4.69, 9.17) is 9.72 Å². The lowest BCUT2D eigenvalue weighted by atomic mass is 10.1. The zero-order valence-electron chi connectivity index (χ0n) is 24.4. The van der Waals surface area contributed by atoms with Crippen LogP contribution in [-0.4, -0.2) is 81.6 Å². The second-order valence-electron chi connectivity index (χ2n) is 10.3. The molecule has 2 aromatic heterocycles. The van der Waals surface area contributed by atoms with E-state index >= 15 is 0 Å². The molecule has 0 atom stereocenters. The summed E-state index contributed by atoms with van der Waals surface area (Å²) in [5, 5.41) is 15.7. The standard InChI is InChI=1S/C29H35N7O6S/c1-4-7-24-26-27(32-35(24)20-8-10-21(11-9-20)36(38)39)29(37)31-28(30-26)23-19-22(12-13-25(23)42-18-5-2)43(40,41)34-16-14-33(6-3)15-17-34/h8-13,19H,4-7,14-18H2,1-3H3,(H,30,31,37). The Hall–Kier alpha value is -4.14. The van der Waals surface area contributed by atoms with E-state index in [0.29, 0.717) is 67.4 Å². The molecule has 0 aliphatic carbocycles. The number of sulfonamides is 1. The molecule has 14 heteroatoms. The number of ether oxygens (including phenoxy) is 1. The smallest absolute Gasteiger partial charge is 0.279 e. The molecule has 5 rings (SSSR count). The molecule has 1 aliphatic heterocycles. The van der Waals surface area contributed by atoms with Crippen molar-refractivity contribution in [1.82, 2.24) is 29.0 Å². The number of aromatic nitrogens is 4. The molecule has 0 saturated carbocycles. The number of hydrogen-bond acceptors (Lipinski definition) is 9. The number of nitrogens with zero attached hydrogens (tertiary/aromatic N) is 6. The van der Waals surface area contributed by atoms with Crippen molar-refractivity contribution in [1.29, 1.82) is 0 Å². The highest BCUT2D eigenvalue weighted by atomic mass is 32.2. The van der Waals surface area contributed by atoms with Crippen molar-refractivity contribution >= 4 is 26.7 Å². The van der Waals surface area contributed by atoms with Gasteiger partial charge in [0.25, 0.3) is 11.2 Å². The highest BCUT2D eigenvalue weighted by Gasteiger charge is 2.29. The molecular weight excluding hydrogens is 574 g/mol. The minimum atomic E-state index is -3.81. The quantitative estimate of drug-likeness (QED) is 0.198. The van der Waals surface area contributed by atoms with Crippen LogP contribution in [0.15, 0.2) is 52.2 Å². The maximum Gasteiger partial charge on any atom is 0.279 e. The van der Waals surface area contributed by atoms with Crippen LogP contribution in [-0.2, 0) is 16.4 Å². The minimum absolute atomic E-state index is 0.0579. The Balaban J connectivity index is 1.63. The fourth-order valence-electron chi connectivity index (χ4n) is 5.17. The summed E-state index contributed by atoms with van der Waals surface area (Å²) in [4.78, 5) is 33.9. The monoisotopic (exact) mass is 609 g/mol. The number of nitrogens with one attached hydrogen (secondary N) is 1. The molecule has 43 heavy (non-hydrogen) atoms. The minimum Gasteiger partial charge on any atom is -0.493 e. The zero-order valence-corrected chi connectivity index (χ0v) is 25.3. The number of hydrogen-bond donors (Lipinski definition) is 1. The van der Waals surface area contributed by atoms with Gasteiger partial charge >= 0.3 is 0 Å². The van der Waals surface area contributed by atoms with Crippen molar-refractivity contribution in [2.45, 2.75) is 44.9 Å². The van der Waals surface area contributed by atoms with Gasteiger partial charge in [0, 0.05) is 38.3 Å². The number of non-ortho nitro benzene ring substituents is 1. The van der Waals surface area contributed by atoms with Gasteiger partial charge in [-0.3, -0.25) is 14.9 Å². The molecule has 2 aromatic carbocycles. The first-order valence-electron chi connectivity index (χ1n) is 14.4. The zero-order chi connectivity index (χ0) is 30.7. The van der Waals surface area contributed by atoms with Crippen LogP contribution < -0.4 is 10.3 Å². The summed E-state index contributed by atoms with van der Waals surface area (Å²) in [7, 11) is -3.81. The van der Waals surface area contributed by atoms with Crippen molar-refractivity contribution in [2.75, 3.05) is 39.3 Å². The molecule has 13 nitrogen and oxygen atoms in total. The van der Waals surface area contributed by atoms with Crippen LogP contribution in [0.1, 0.15) is 39.3 Å². The van der Waals surface area contributed by atoms with Crippen LogP contribution in [0.3, 0.4) is 0 Å². The van der Waals surface area contributed by atoms with Crippen LogP contribution in [0.4, 0.5) is 5.69 Å². The molecule has 1 N–H and O–H groups in total. The molecule has 0 spiro atoms. The second-order valence-corrected chi connectivity index (χ2v) is 12.3. The van der Waals surface area contributed by atoms with Crippen LogP contribution in [0.2, 0.25) is 0 Å². The Morgan fingerprint density at radius 3 is 2.35 bits per heavy atom. The number of benzene rings is 2. The first kappa shape index (κ1) is 30.3. The van der Waals surface area contributed by atoms with Crippen molar-refractivity contribution in [2.24, 2.45) is 0 Å². The molecule has 4 aromatic rings. The number of aryl methyl sites for hydroxylation is 1. The van der Waals surface area contributed by atoms with Gasteiger partial charge in [-0.25, -0.2) is 18.1 Å². The molecule has 228 valence electrons. The average Bonchev–Trinajstić information content (AvgIpc) is 3.39. The van der Waals surface area contributed by atoms with E-state index in [1.165, 1.54) is 28.6 Å². The van der Waals surface area contributed by atoms with Gasteiger partial charge in [-0.05, 0) is 49.7 Å². The summed E-state index contributed by atoms with van der Waals surface area (Å²) in [6.45, 7) is 9.36. The summed E-state index contributed by atoms with van der Waals surface area (Å²) < 4.78 is 36.3. The number of likely N-dealkylation sites (N-methyl/N-ethyl adjacent to an activating group) is 1. The Morgan fingerprint density at radius 2 is 1.72 bits per heavy atom. The summed E-state index contributed by atoms with van der Waals surface area (Å²) >= 11 is 0. The topological polar surface area (TPSA) is 157 Å². The molecule has 1 aliphatic rings. The summed E-state index contributed by atoms with van der Waals surface area (Å²) in [5.41, 5.74) is 1.49. The van der Waals surface area contributed by atoms with Crippen LogP contribution in [0, 0.1) is 10.1 Å². The average molecular weight is 610 g/mol. The van der Waals surface area contributed by atoms with Gasteiger partial charge in [0.1, 0.15) is 17.1 Å². The lowest BCUT2D eigenvalue weighted by molar-refractivity contribution is -0.384. The van der Waals surface area contributed by atoms with Crippen molar-refractivity contribution in [3.05, 3.63) is 68.6 Å². The largest absolute Gasteiger partial charge is 0.493 e. The molecule has 0 radical (unpaired) electrons. The highest BCUT2D eigenvalue weighted by molar-refractivity contribution is 7.89. The number of piperazine rings is 1. The maximum absolute atomic E-state index is 13.7. The predicted molar refractivity (Wildman–Crippen MR) is 162 cm³/mol. The van der Waals surface area contributed by atoms with Crippen LogP contribution >= 0.6 is 0 Å². The first-order chi connectivity index (χ1) is 20.7. The third kappa shape index (κ3) is 6.03. The molecular formula is C29H35N7O6S. The number of nitro benzene ring substituents is 1. The number of H-pyrrole nitrogens is 1. The van der Waals surface area contributed by atoms with Gasteiger partial charge < -0.3 is 14.6 Å². The van der Waals surface area contributed by atoms with Gasteiger partial charge in [-0.1, -0.05) is 27.2 Å². The predicted octanol–water partition coefficient (Wildman–Crippen LogP) is 3.75. The normalized spacial score (nSPS) is 14.8. The van der Waals surface area contributed by atoms with Crippen molar-refractivity contribution in [3.63, 3.8) is 0 Å². The van der Waals surface area contributed by atoms with E-state index in [-0.39, 0.29) is 21.9 Å². The van der Waals surface area contributed by atoms with E-state index in [1.54, 1.807) is 22.9 Å². The number of nitro groups is 1. The molecule has 0 unspecified atom stereocenters. The second kappa shape index (κ2) is 12.6. The number of fused-ring (bicyclic) bond motifs is 1. The summed E-state index contributed by atoms with van der Waals surface area (Å²) in [6, 6.07) is 10.6. The Labute approximate surface area is 249 Å². The van der Waals surface area contributed by atoms with Gasteiger partial charge in [-0.2, -0.15) is 9.40 Å². The maximum atomic E-state index is 13.7. The number of aromatic amines is 1. The number of rotatable bonds is 11. The van der Waals surface area contributed by atoms with Crippen LogP contribution in [0.25, 0.3) is 28.1 Å². The molecule has 3 heterocycles. The van der Waals surface area contributed by atoms with Crippen molar-refractivity contribution in [3.8, 4) is 22.8 Å². The molecule has 1 saturated heterocycles. The van der Waals surface area contributed by atoms with Gasteiger partial charge in [0.15, 0.2) is 5.52 Å². The lowest BCUT2D eigenvalue weighted by Crippen LogP contribution is -2.48. The molecule has 0 amide bonds. The Kier molecular flexibility index (Phi) is 8.89. The van der Waals surface area contributed by atoms with E-state index in [9.17, 15) is 23.3 Å². The summed E-state index contributed by atoms with van der Waals surface area (Å²) in [5.74, 6) is 0.566. The van der Waals surface area contributed by atoms with Gasteiger partial charge in [-0.15, -0.1) is 0 Å². The van der Waals surface area contributed by atoms with E-state index in [1.807, 2.05) is 13.8 Å². The highest BCUT2D eigenvalue weighted by Crippen LogP contribution is 2.33. The Morgan fingerprint density at radius 1 is 1.00 bits per heavy atom. The molecule has 1 fully saturated rings. The summed E-state index contributed by atoms with van der Waals surface area (Å²) in [6.07, 6.45) is 1.98. The van der Waals surface area contributed by atoms with E-state index in [0.717, 1.165) is 19.4 Å². The van der Waals surface area contributed by atoms with Gasteiger partial charge in [0.2, 0.25) is 10.0 Å². The fraction of sp³-hybridized carbons (Fsp3) is 0.414. The Bertz CT molecular complexity index is 1790. The van der Waals surface area contributed by atoms with Crippen LogP contribution in [0.5, 0.6) is 5.75 Å². The van der Waals surface area contributed by atoms with Crippen molar-refractivity contribution < 1.29 is 18.1 Å². The first-order valence-corrected chi connectivity index (χ1v) is 15.9.